The second kappa shape index (κ2) is 15.7. The number of ether oxygens (including phenoxy) is 3. The van der Waals surface area contributed by atoms with E-state index in [1.54, 1.807) is 31.4 Å². The average molecular weight is 613 g/mol. The molecule has 0 radical (unpaired) electrons. The Morgan fingerprint density at radius 3 is 2.07 bits per heavy atom. The fourth-order valence-electron chi connectivity index (χ4n) is 4.93. The van der Waals surface area contributed by atoms with Crippen molar-refractivity contribution in [3.8, 4) is 17.2 Å². The van der Waals surface area contributed by atoms with Crippen LogP contribution in [0.2, 0.25) is 0 Å². The molecule has 4 aromatic rings. The molecule has 1 aliphatic rings. The molecule has 0 spiro atoms. The van der Waals surface area contributed by atoms with Crippen LogP contribution in [0.4, 0.5) is 15.8 Å². The van der Waals surface area contributed by atoms with E-state index in [0.29, 0.717) is 36.9 Å². The molecule has 234 valence electrons. The average Bonchev–Trinajstić information content (AvgIpc) is 3.07. The number of benzene rings is 4. The van der Waals surface area contributed by atoms with Gasteiger partial charge in [0.1, 0.15) is 29.1 Å². The molecule has 0 bridgehead atoms. The highest BCUT2D eigenvalue weighted by Crippen LogP contribution is 2.24. The maximum absolute atomic E-state index is 13.3. The van der Waals surface area contributed by atoms with Crippen molar-refractivity contribution < 1.29 is 28.2 Å². The van der Waals surface area contributed by atoms with Gasteiger partial charge in [-0.15, -0.1) is 0 Å². The fourth-order valence-corrected chi connectivity index (χ4v) is 4.93. The summed E-state index contributed by atoms with van der Waals surface area (Å²) in [5, 5.41) is 5.74. The van der Waals surface area contributed by atoms with Crippen molar-refractivity contribution in [2.45, 2.75) is 12.6 Å². The Bertz CT molecular complexity index is 1510. The lowest BCUT2D eigenvalue weighted by atomic mass is 10.2. The summed E-state index contributed by atoms with van der Waals surface area (Å²) >= 11 is 0. The Balaban J connectivity index is 1.15. The number of carbonyl (C=O) groups excluding carboxylic acids is 2. The first kappa shape index (κ1) is 31.5. The Hall–Kier alpha value is -4.93. The Morgan fingerprint density at radius 2 is 1.42 bits per heavy atom. The van der Waals surface area contributed by atoms with Crippen molar-refractivity contribution in [2.75, 3.05) is 56.7 Å². The van der Waals surface area contributed by atoms with Crippen LogP contribution in [0.3, 0.4) is 0 Å². The summed E-state index contributed by atoms with van der Waals surface area (Å²) in [6.07, 6.45) is 0. The minimum atomic E-state index is -0.906. The summed E-state index contributed by atoms with van der Waals surface area (Å²) in [5.74, 6) is 0.846. The van der Waals surface area contributed by atoms with Crippen molar-refractivity contribution >= 4 is 23.2 Å². The molecule has 10 heteroatoms. The highest BCUT2D eigenvalue weighted by atomic mass is 19.1. The largest absolute Gasteiger partial charge is 0.497 e. The first-order chi connectivity index (χ1) is 21.9. The minimum Gasteiger partial charge on any atom is -0.497 e. The summed E-state index contributed by atoms with van der Waals surface area (Å²) in [6.45, 7) is 3.48. The van der Waals surface area contributed by atoms with E-state index in [0.717, 1.165) is 30.1 Å². The number of amides is 2. The Labute approximate surface area is 262 Å². The topological polar surface area (TPSA) is 92.4 Å². The van der Waals surface area contributed by atoms with E-state index >= 15 is 0 Å². The highest BCUT2D eigenvalue weighted by Gasteiger charge is 2.24. The van der Waals surface area contributed by atoms with Gasteiger partial charge in [-0.1, -0.05) is 30.3 Å². The van der Waals surface area contributed by atoms with Crippen LogP contribution >= 0.6 is 0 Å². The van der Waals surface area contributed by atoms with Crippen LogP contribution in [-0.2, 0) is 20.9 Å². The molecule has 4 aromatic carbocycles. The smallest absolute Gasteiger partial charge is 0.249 e. The number of hydrogen-bond acceptors (Lipinski definition) is 7. The highest BCUT2D eigenvalue weighted by molar-refractivity contribution is 5.97. The molecule has 9 nitrogen and oxygen atoms in total. The lowest BCUT2D eigenvalue weighted by molar-refractivity contribution is -0.128. The van der Waals surface area contributed by atoms with E-state index in [1.165, 1.54) is 24.3 Å². The molecule has 0 saturated carbocycles. The van der Waals surface area contributed by atoms with Crippen LogP contribution in [0.1, 0.15) is 5.56 Å². The van der Waals surface area contributed by atoms with Crippen molar-refractivity contribution in [2.24, 2.45) is 0 Å². The molecule has 45 heavy (non-hydrogen) atoms. The van der Waals surface area contributed by atoms with Crippen molar-refractivity contribution in [3.63, 3.8) is 0 Å². The van der Waals surface area contributed by atoms with Gasteiger partial charge in [-0.2, -0.15) is 0 Å². The normalized spacial score (nSPS) is 14.0. The quantitative estimate of drug-likeness (QED) is 0.217. The van der Waals surface area contributed by atoms with Crippen molar-refractivity contribution in [1.29, 1.82) is 0 Å². The second-order valence-corrected chi connectivity index (χ2v) is 10.7. The third-order valence-corrected chi connectivity index (χ3v) is 7.40. The zero-order chi connectivity index (χ0) is 31.4. The van der Waals surface area contributed by atoms with Gasteiger partial charge in [-0.25, -0.2) is 4.39 Å². The summed E-state index contributed by atoms with van der Waals surface area (Å²) in [6, 6.07) is 29.2. The lowest BCUT2D eigenvalue weighted by Gasteiger charge is -2.36. The van der Waals surface area contributed by atoms with Crippen molar-refractivity contribution in [3.05, 3.63) is 115 Å². The molecule has 0 aliphatic carbocycles. The van der Waals surface area contributed by atoms with Gasteiger partial charge in [-0.3, -0.25) is 14.5 Å². The van der Waals surface area contributed by atoms with Gasteiger partial charge in [0.25, 0.3) is 0 Å². The number of hydrogen-bond donors (Lipinski definition) is 2. The van der Waals surface area contributed by atoms with Gasteiger partial charge in [-0.05, 0) is 78.4 Å². The standard InChI is InChI=1S/C35H37FN4O5/c1-43-30-17-11-29(12-18-30)40-21-19-39(20-22-40)23-34(41)38-33(25-44-24-26-5-3-2-4-6-26)35(42)37-28-9-15-32(16-10-28)45-31-13-7-27(36)8-14-31/h2-18,33H,19-25H2,1H3,(H,37,42)(H,38,41). The zero-order valence-corrected chi connectivity index (χ0v) is 25.2. The summed E-state index contributed by atoms with van der Waals surface area (Å²) in [5.41, 5.74) is 2.61. The van der Waals surface area contributed by atoms with Crippen LogP contribution in [0.15, 0.2) is 103 Å². The molecule has 1 saturated heterocycles. The number of halogens is 1. The van der Waals surface area contributed by atoms with E-state index in [9.17, 15) is 14.0 Å². The number of piperazine rings is 1. The van der Waals surface area contributed by atoms with E-state index in [2.05, 4.69) is 20.4 Å². The van der Waals surface area contributed by atoms with Gasteiger partial charge in [0, 0.05) is 37.6 Å². The molecule has 1 aliphatic heterocycles. The van der Waals surface area contributed by atoms with Crippen LogP contribution in [0.25, 0.3) is 0 Å². The van der Waals surface area contributed by atoms with Gasteiger partial charge in [0.05, 0.1) is 26.9 Å². The molecule has 0 aromatic heterocycles. The number of nitrogens with zero attached hydrogens (tertiary/aromatic N) is 2. The van der Waals surface area contributed by atoms with Crippen LogP contribution < -0.4 is 25.0 Å². The van der Waals surface area contributed by atoms with Crippen LogP contribution in [-0.4, -0.2) is 69.2 Å². The summed E-state index contributed by atoms with van der Waals surface area (Å²) in [4.78, 5) is 30.8. The first-order valence-electron chi connectivity index (χ1n) is 14.8. The Morgan fingerprint density at radius 1 is 0.800 bits per heavy atom. The third-order valence-electron chi connectivity index (χ3n) is 7.40. The summed E-state index contributed by atoms with van der Waals surface area (Å²) in [7, 11) is 1.65. The molecule has 2 N–H and O–H groups in total. The molecule has 1 fully saturated rings. The van der Waals surface area contributed by atoms with Crippen LogP contribution in [0, 0.1) is 5.82 Å². The number of methoxy groups -OCH3 is 1. The molecule has 1 heterocycles. The van der Waals surface area contributed by atoms with E-state index < -0.39 is 11.9 Å². The maximum atomic E-state index is 13.3. The first-order valence-corrected chi connectivity index (χ1v) is 14.8. The number of anilines is 2. The monoisotopic (exact) mass is 612 g/mol. The number of nitrogens with one attached hydrogen (secondary N) is 2. The predicted molar refractivity (Wildman–Crippen MR) is 171 cm³/mol. The predicted octanol–water partition coefficient (Wildman–Crippen LogP) is 5.09. The third kappa shape index (κ3) is 9.53. The number of rotatable bonds is 13. The lowest BCUT2D eigenvalue weighted by Crippen LogP contribution is -2.53. The van der Waals surface area contributed by atoms with Crippen LogP contribution in [0.5, 0.6) is 17.2 Å². The van der Waals surface area contributed by atoms with Crippen molar-refractivity contribution in [1.82, 2.24) is 10.2 Å². The minimum absolute atomic E-state index is 0.00345. The van der Waals surface area contributed by atoms with Gasteiger partial charge >= 0.3 is 0 Å². The zero-order valence-electron chi connectivity index (χ0n) is 25.2. The molecule has 1 unspecified atom stereocenters. The second-order valence-electron chi connectivity index (χ2n) is 10.7. The van der Waals surface area contributed by atoms with Gasteiger partial charge < -0.3 is 29.7 Å². The maximum Gasteiger partial charge on any atom is 0.249 e. The molecular formula is C35H37FN4O5. The molecule has 2 amide bonds. The van der Waals surface area contributed by atoms with Gasteiger partial charge in [0.2, 0.25) is 11.8 Å². The molecule has 1 atom stereocenters. The summed E-state index contributed by atoms with van der Waals surface area (Å²) < 4.78 is 30.0. The fraction of sp³-hybridized carbons (Fsp3) is 0.257. The Kier molecular flexibility index (Phi) is 11.0. The van der Waals surface area contributed by atoms with Gasteiger partial charge in [0.15, 0.2) is 0 Å². The van der Waals surface area contributed by atoms with E-state index in [1.807, 2.05) is 54.6 Å². The molecule has 5 rings (SSSR count). The molecular weight excluding hydrogens is 575 g/mol. The van der Waals surface area contributed by atoms with E-state index in [-0.39, 0.29) is 24.9 Å². The van der Waals surface area contributed by atoms with E-state index in [4.69, 9.17) is 14.2 Å². The number of carbonyl (C=O) groups is 2. The SMILES string of the molecule is COc1ccc(N2CCN(CC(=O)NC(COCc3ccccc3)C(=O)Nc3ccc(Oc4ccc(F)cc4)cc3)CC2)cc1.